The zero-order valence-corrected chi connectivity index (χ0v) is 20.9. The molecule has 2 amide bonds. The molecular formula is C24H35N5O6. The van der Waals surface area contributed by atoms with Crippen LogP contribution in [0.25, 0.3) is 0 Å². The van der Waals surface area contributed by atoms with Crippen LogP contribution >= 0.6 is 0 Å². The van der Waals surface area contributed by atoms with Crippen LogP contribution < -0.4 is 10.6 Å². The monoisotopic (exact) mass is 489 g/mol. The number of piperazine rings is 1. The number of rotatable bonds is 7. The summed E-state index contributed by atoms with van der Waals surface area (Å²) in [5.74, 6) is -0.172. The first-order valence-corrected chi connectivity index (χ1v) is 11.8. The van der Waals surface area contributed by atoms with Gasteiger partial charge in [-0.2, -0.15) is 4.99 Å². The molecule has 0 radical (unpaired) electrons. The lowest BCUT2D eigenvalue weighted by Crippen LogP contribution is -2.50. The van der Waals surface area contributed by atoms with Crippen molar-refractivity contribution in [3.8, 4) is 0 Å². The number of hydrogen-bond donors (Lipinski definition) is 1. The Labute approximate surface area is 205 Å². The highest BCUT2D eigenvalue weighted by Gasteiger charge is 2.34. The molecule has 3 rings (SSSR count). The van der Waals surface area contributed by atoms with Crippen molar-refractivity contribution in [3.05, 3.63) is 29.8 Å². The molecule has 192 valence electrons. The van der Waals surface area contributed by atoms with Crippen LogP contribution in [0.4, 0.5) is 15.3 Å². The summed E-state index contributed by atoms with van der Waals surface area (Å²) in [6.45, 7) is 11.9. The Morgan fingerprint density at radius 2 is 1.74 bits per heavy atom. The van der Waals surface area contributed by atoms with Crippen molar-refractivity contribution < 1.29 is 28.6 Å². The summed E-state index contributed by atoms with van der Waals surface area (Å²) in [5.41, 5.74) is 6.59. The van der Waals surface area contributed by atoms with Gasteiger partial charge in [0.25, 0.3) is 0 Å². The fourth-order valence-corrected chi connectivity index (χ4v) is 3.93. The van der Waals surface area contributed by atoms with Gasteiger partial charge in [0.05, 0.1) is 19.7 Å². The molecule has 35 heavy (non-hydrogen) atoms. The molecule has 0 aliphatic carbocycles. The van der Waals surface area contributed by atoms with Crippen LogP contribution in [-0.2, 0) is 19.0 Å². The van der Waals surface area contributed by atoms with Crippen LogP contribution in [0.3, 0.4) is 0 Å². The maximum Gasteiger partial charge on any atom is 0.435 e. The van der Waals surface area contributed by atoms with Gasteiger partial charge in [-0.05, 0) is 52.0 Å². The van der Waals surface area contributed by atoms with Crippen molar-refractivity contribution in [1.29, 1.82) is 0 Å². The van der Waals surface area contributed by atoms with Gasteiger partial charge in [0, 0.05) is 44.0 Å². The molecule has 2 heterocycles. The smallest absolute Gasteiger partial charge is 0.435 e. The molecule has 0 saturated carbocycles. The second-order valence-electron chi connectivity index (χ2n) is 9.52. The van der Waals surface area contributed by atoms with Gasteiger partial charge in [0.2, 0.25) is 0 Å². The maximum absolute atomic E-state index is 12.5. The molecule has 2 N–H and O–H groups in total. The summed E-state index contributed by atoms with van der Waals surface area (Å²) in [7, 11) is 0. The Balaban J connectivity index is 1.47. The number of ether oxygens (including phenoxy) is 3. The van der Waals surface area contributed by atoms with E-state index in [-0.39, 0.29) is 31.1 Å². The van der Waals surface area contributed by atoms with Gasteiger partial charge >= 0.3 is 18.2 Å². The number of esters is 1. The molecule has 2 aliphatic rings. The molecular weight excluding hydrogens is 454 g/mol. The Kier molecular flexibility index (Phi) is 8.68. The molecule has 1 atom stereocenters. The van der Waals surface area contributed by atoms with Crippen molar-refractivity contribution >= 4 is 29.7 Å². The van der Waals surface area contributed by atoms with Crippen LogP contribution in [0, 0.1) is 0 Å². The van der Waals surface area contributed by atoms with Crippen LogP contribution in [0.5, 0.6) is 0 Å². The number of carbonyl (C=O) groups excluding carboxylic acids is 3. The zero-order chi connectivity index (χ0) is 25.6. The van der Waals surface area contributed by atoms with Gasteiger partial charge in [-0.1, -0.05) is 0 Å². The molecule has 2 aliphatic heterocycles. The van der Waals surface area contributed by atoms with E-state index in [2.05, 4.69) is 14.8 Å². The van der Waals surface area contributed by atoms with Gasteiger partial charge in [0.1, 0.15) is 17.5 Å². The number of hydrogen-bond acceptors (Lipinski definition) is 8. The lowest BCUT2D eigenvalue weighted by molar-refractivity contribution is -0.156. The molecule has 1 unspecified atom stereocenters. The van der Waals surface area contributed by atoms with Crippen LogP contribution in [0.1, 0.15) is 33.3 Å². The first-order chi connectivity index (χ1) is 16.5. The van der Waals surface area contributed by atoms with E-state index in [0.717, 1.165) is 26.2 Å². The Bertz CT molecular complexity index is 935. The Morgan fingerprint density at radius 1 is 1.11 bits per heavy atom. The highest BCUT2D eigenvalue weighted by atomic mass is 16.6. The summed E-state index contributed by atoms with van der Waals surface area (Å²) in [6, 6.07) is 6.86. The van der Waals surface area contributed by atoms with Gasteiger partial charge in [-0.3, -0.25) is 19.5 Å². The number of nitrogens with two attached hydrogens (primary N) is 1. The fourth-order valence-electron chi connectivity index (χ4n) is 3.93. The van der Waals surface area contributed by atoms with Crippen molar-refractivity contribution in [3.63, 3.8) is 0 Å². The molecule has 0 spiro atoms. The molecule has 2 saturated heterocycles. The predicted molar refractivity (Wildman–Crippen MR) is 131 cm³/mol. The van der Waals surface area contributed by atoms with E-state index in [4.69, 9.17) is 19.9 Å². The SMILES string of the molecule is CCOC(=O)N=C(N)c1ccc(N2CC(CN3CCN(CC(=O)OC(C)(C)C)CC3)OC2=O)cc1. The number of benzene rings is 1. The number of anilines is 1. The van der Waals surface area contributed by atoms with Gasteiger partial charge in [-0.25, -0.2) is 9.59 Å². The number of nitrogens with zero attached hydrogens (tertiary/aromatic N) is 4. The lowest BCUT2D eigenvalue weighted by atomic mass is 10.1. The van der Waals surface area contributed by atoms with Crippen molar-refractivity contribution in [1.82, 2.24) is 9.80 Å². The second kappa shape index (κ2) is 11.5. The topological polar surface area (TPSA) is 127 Å². The van der Waals surface area contributed by atoms with Gasteiger partial charge in [0.15, 0.2) is 0 Å². The number of amides is 2. The van der Waals surface area contributed by atoms with Crippen LogP contribution in [0.15, 0.2) is 29.3 Å². The normalized spacial score (nSPS) is 20.0. The Morgan fingerprint density at radius 3 is 2.34 bits per heavy atom. The van der Waals surface area contributed by atoms with E-state index in [9.17, 15) is 14.4 Å². The molecule has 11 heteroatoms. The second-order valence-corrected chi connectivity index (χ2v) is 9.52. The maximum atomic E-state index is 12.5. The molecule has 1 aromatic rings. The highest BCUT2D eigenvalue weighted by Crippen LogP contribution is 2.23. The first-order valence-electron chi connectivity index (χ1n) is 11.8. The zero-order valence-electron chi connectivity index (χ0n) is 20.9. The van der Waals surface area contributed by atoms with E-state index in [1.54, 1.807) is 36.1 Å². The molecule has 1 aromatic carbocycles. The quantitative estimate of drug-likeness (QED) is 0.264. The van der Waals surface area contributed by atoms with Crippen LogP contribution in [0.2, 0.25) is 0 Å². The van der Waals surface area contributed by atoms with Crippen molar-refractivity contribution in [2.45, 2.75) is 39.4 Å². The Hall–Kier alpha value is -3.18. The number of aliphatic imine (C=N–C) groups is 1. The summed E-state index contributed by atoms with van der Waals surface area (Å²) in [4.78, 5) is 45.6. The third-order valence-corrected chi connectivity index (χ3v) is 5.53. The third kappa shape index (κ3) is 7.93. The minimum absolute atomic E-state index is 0.0442. The molecule has 0 bridgehead atoms. The number of carbonyl (C=O) groups is 3. The minimum Gasteiger partial charge on any atom is -0.459 e. The number of amidine groups is 1. The largest absolute Gasteiger partial charge is 0.459 e. The highest BCUT2D eigenvalue weighted by molar-refractivity contribution is 6.03. The fraction of sp³-hybridized carbons (Fsp3) is 0.583. The predicted octanol–water partition coefficient (Wildman–Crippen LogP) is 1.83. The summed E-state index contributed by atoms with van der Waals surface area (Å²) in [5, 5.41) is 0. The molecule has 2 fully saturated rings. The van der Waals surface area contributed by atoms with E-state index < -0.39 is 17.8 Å². The average molecular weight is 490 g/mol. The van der Waals surface area contributed by atoms with Crippen molar-refractivity contribution in [2.24, 2.45) is 10.7 Å². The average Bonchev–Trinajstić information content (AvgIpc) is 3.14. The van der Waals surface area contributed by atoms with Crippen LogP contribution in [-0.4, -0.2) is 97.9 Å². The summed E-state index contributed by atoms with van der Waals surface area (Å²) < 4.78 is 15.7. The van der Waals surface area contributed by atoms with E-state index in [0.29, 0.717) is 24.3 Å². The summed E-state index contributed by atoms with van der Waals surface area (Å²) >= 11 is 0. The van der Waals surface area contributed by atoms with E-state index in [1.165, 1.54) is 0 Å². The van der Waals surface area contributed by atoms with Gasteiger partial charge < -0.3 is 19.9 Å². The third-order valence-electron chi connectivity index (χ3n) is 5.53. The minimum atomic E-state index is -0.745. The first kappa shape index (κ1) is 26.4. The summed E-state index contributed by atoms with van der Waals surface area (Å²) in [6.07, 6.45) is -1.40. The number of cyclic esters (lactones) is 1. The van der Waals surface area contributed by atoms with E-state index in [1.807, 2.05) is 20.8 Å². The standard InChI is InChI=1S/C24H35N5O6/c1-5-33-22(31)26-21(25)17-6-8-18(9-7-17)29-15-19(34-23(29)32)14-27-10-12-28(13-11-27)16-20(30)35-24(2,3)4/h6-9,19H,5,10-16H2,1-4H3,(H2,25,26,31). The lowest BCUT2D eigenvalue weighted by Gasteiger charge is -2.35. The van der Waals surface area contributed by atoms with E-state index >= 15 is 0 Å². The molecule has 11 nitrogen and oxygen atoms in total. The van der Waals surface area contributed by atoms with Gasteiger partial charge in [-0.15, -0.1) is 0 Å². The van der Waals surface area contributed by atoms with Crippen molar-refractivity contribution in [2.75, 3.05) is 57.3 Å². The molecule has 0 aromatic heterocycles.